The number of carbonyl (C=O) groups is 2. The second-order valence-corrected chi connectivity index (χ2v) is 14.0. The molecule has 3 fully saturated rings. The van der Waals surface area contributed by atoms with E-state index in [0.29, 0.717) is 12.8 Å². The number of thioether (sulfide) groups is 2. The van der Waals surface area contributed by atoms with Crippen LogP contribution in [0, 0.1) is 22.7 Å². The normalized spacial score (nSPS) is 44.0. The van der Waals surface area contributed by atoms with Gasteiger partial charge in [0, 0.05) is 18.3 Å². The number of fused-ring (bicyclic) bond motifs is 5. The third-order valence-corrected chi connectivity index (χ3v) is 12.9. The van der Waals surface area contributed by atoms with E-state index in [4.69, 9.17) is 4.74 Å². The van der Waals surface area contributed by atoms with Gasteiger partial charge in [-0.15, -0.1) is 23.5 Å². The van der Waals surface area contributed by atoms with Gasteiger partial charge in [0.05, 0.1) is 4.08 Å². The quantitative estimate of drug-likeness (QED) is 0.218. The Morgan fingerprint density at radius 3 is 2.64 bits per heavy atom. The van der Waals surface area contributed by atoms with E-state index in [1.807, 2.05) is 18.7 Å². The minimum Gasteiger partial charge on any atom is -0.459 e. The molecule has 4 rings (SSSR count). The number of hydrogen-bond acceptors (Lipinski definition) is 5. The van der Waals surface area contributed by atoms with Crippen molar-refractivity contribution in [3.63, 3.8) is 0 Å². The minimum absolute atomic E-state index is 0.0245. The van der Waals surface area contributed by atoms with E-state index in [-0.39, 0.29) is 27.1 Å². The van der Waals surface area contributed by atoms with Gasteiger partial charge in [0.25, 0.3) is 0 Å². The molecule has 0 aromatic rings. The molecule has 0 spiro atoms. The summed E-state index contributed by atoms with van der Waals surface area (Å²) in [7, 11) is 0. The van der Waals surface area contributed by atoms with Gasteiger partial charge in [0.15, 0.2) is 11.5 Å². The standard InChI is InChI=1S/C27H39FO3S2/c1-6-8-15-33-26(32-7-2)14-12-21-22-10-9-19-16-20(30)11-13-24(19,4)27(22,28)23(31-18(3)29)17-25(21,26)5/h11,13,16,21-23H,6-10,12,14-15,17H2,1-5H3/t21-,22-,23-,24-,25-,26?,27?/m0/s1. The monoisotopic (exact) mass is 494 g/mol. The maximum atomic E-state index is 17.7. The van der Waals surface area contributed by atoms with Crippen LogP contribution >= 0.6 is 23.5 Å². The van der Waals surface area contributed by atoms with E-state index < -0.39 is 23.2 Å². The summed E-state index contributed by atoms with van der Waals surface area (Å²) < 4.78 is 23.7. The van der Waals surface area contributed by atoms with E-state index in [1.165, 1.54) is 25.8 Å². The number of halogens is 1. The van der Waals surface area contributed by atoms with Gasteiger partial charge in [-0.1, -0.05) is 38.8 Å². The van der Waals surface area contributed by atoms with Gasteiger partial charge in [0.1, 0.15) is 6.10 Å². The fraction of sp³-hybridized carbons (Fsp3) is 0.778. The zero-order valence-electron chi connectivity index (χ0n) is 20.7. The molecule has 0 radical (unpaired) electrons. The Balaban J connectivity index is 1.80. The number of carbonyl (C=O) groups excluding carboxylic acids is 2. The van der Waals surface area contributed by atoms with Crippen molar-refractivity contribution in [1.82, 2.24) is 0 Å². The highest BCUT2D eigenvalue weighted by Crippen LogP contribution is 2.74. The molecule has 3 nitrogen and oxygen atoms in total. The fourth-order valence-corrected chi connectivity index (χ4v) is 11.4. The Morgan fingerprint density at radius 2 is 1.97 bits per heavy atom. The number of unbranched alkanes of at least 4 members (excludes halogenated alkanes) is 1. The second kappa shape index (κ2) is 9.04. The van der Waals surface area contributed by atoms with Crippen LogP contribution in [0.3, 0.4) is 0 Å². The maximum absolute atomic E-state index is 17.7. The van der Waals surface area contributed by atoms with E-state index in [9.17, 15) is 9.59 Å². The first-order chi connectivity index (χ1) is 15.6. The molecule has 184 valence electrons. The highest BCUT2D eigenvalue weighted by molar-refractivity contribution is 8.18. The largest absolute Gasteiger partial charge is 0.459 e. The van der Waals surface area contributed by atoms with Gasteiger partial charge < -0.3 is 4.74 Å². The molecule has 33 heavy (non-hydrogen) atoms. The Labute approximate surface area is 207 Å². The molecule has 7 atom stereocenters. The summed E-state index contributed by atoms with van der Waals surface area (Å²) in [5.41, 5.74) is -1.87. The third kappa shape index (κ3) is 3.68. The molecule has 0 heterocycles. The lowest BCUT2D eigenvalue weighted by Crippen LogP contribution is -2.68. The molecular formula is C27H39FO3S2. The van der Waals surface area contributed by atoms with E-state index >= 15 is 4.39 Å². The number of esters is 1. The van der Waals surface area contributed by atoms with Crippen LogP contribution in [0.15, 0.2) is 23.8 Å². The van der Waals surface area contributed by atoms with Gasteiger partial charge in [-0.25, -0.2) is 4.39 Å². The van der Waals surface area contributed by atoms with Gasteiger partial charge in [-0.2, -0.15) is 0 Å². The van der Waals surface area contributed by atoms with Crippen LogP contribution in [0.5, 0.6) is 0 Å². The summed E-state index contributed by atoms with van der Waals surface area (Å²) in [6, 6.07) is 0. The predicted octanol–water partition coefficient (Wildman–Crippen LogP) is 6.91. The topological polar surface area (TPSA) is 43.4 Å². The number of rotatable bonds is 7. The number of hydrogen-bond donors (Lipinski definition) is 0. The maximum Gasteiger partial charge on any atom is 0.303 e. The van der Waals surface area contributed by atoms with Crippen molar-refractivity contribution in [3.8, 4) is 0 Å². The molecule has 2 unspecified atom stereocenters. The van der Waals surface area contributed by atoms with Crippen LogP contribution in [0.1, 0.15) is 79.6 Å². The fourth-order valence-electron chi connectivity index (χ4n) is 7.58. The highest BCUT2D eigenvalue weighted by Gasteiger charge is 2.74. The summed E-state index contributed by atoms with van der Waals surface area (Å²) in [5.74, 6) is 1.71. The van der Waals surface area contributed by atoms with Crippen molar-refractivity contribution in [1.29, 1.82) is 0 Å². The molecule has 3 saturated carbocycles. The van der Waals surface area contributed by atoms with Crippen molar-refractivity contribution < 1.29 is 18.7 Å². The third-order valence-electron chi connectivity index (χ3n) is 9.18. The first kappa shape index (κ1) is 25.3. The number of ether oxygens (including phenoxy) is 1. The summed E-state index contributed by atoms with van der Waals surface area (Å²) >= 11 is 4.11. The van der Waals surface area contributed by atoms with Crippen LogP contribution in [-0.2, 0) is 14.3 Å². The van der Waals surface area contributed by atoms with Gasteiger partial charge in [0.2, 0.25) is 0 Å². The molecule has 0 aliphatic heterocycles. The van der Waals surface area contributed by atoms with E-state index in [0.717, 1.165) is 36.3 Å². The Bertz CT molecular complexity index is 871. The van der Waals surface area contributed by atoms with Crippen molar-refractivity contribution in [2.45, 2.75) is 95.4 Å². The van der Waals surface area contributed by atoms with Crippen LogP contribution in [0.25, 0.3) is 0 Å². The minimum atomic E-state index is -1.70. The lowest BCUT2D eigenvalue weighted by Gasteiger charge is -2.63. The number of alkyl halides is 1. The molecule has 4 aliphatic carbocycles. The molecule has 0 aromatic carbocycles. The highest BCUT2D eigenvalue weighted by atomic mass is 32.2. The first-order valence-corrected chi connectivity index (χ1v) is 14.6. The molecule has 0 bridgehead atoms. The Hall–Kier alpha value is -0.750. The molecule has 0 aromatic heterocycles. The summed E-state index contributed by atoms with van der Waals surface area (Å²) in [6.07, 6.45) is 10.5. The number of ketones is 1. The second-order valence-electron chi connectivity index (χ2n) is 10.8. The van der Waals surface area contributed by atoms with Gasteiger partial charge in [-0.3, -0.25) is 9.59 Å². The van der Waals surface area contributed by atoms with Crippen LogP contribution in [-0.4, -0.2) is 39.1 Å². The van der Waals surface area contributed by atoms with Crippen LogP contribution < -0.4 is 0 Å². The SMILES string of the molecule is CCCCSC1(SCC)CC[C@H]2[C@@H]3CCC4=CC(=O)C=C[C@]4(C)C3(F)[C@@H](OC(C)=O)C[C@@]21C. The van der Waals surface area contributed by atoms with E-state index in [2.05, 4.69) is 32.5 Å². The molecule has 0 amide bonds. The van der Waals surface area contributed by atoms with E-state index in [1.54, 1.807) is 12.2 Å². The Kier molecular flexibility index (Phi) is 6.94. The molecule has 4 aliphatic rings. The van der Waals surface area contributed by atoms with Crippen molar-refractivity contribution in [2.24, 2.45) is 22.7 Å². The summed E-state index contributed by atoms with van der Waals surface area (Å²) in [6.45, 7) is 10.1. The zero-order valence-corrected chi connectivity index (χ0v) is 22.4. The zero-order chi connectivity index (χ0) is 24.1. The smallest absolute Gasteiger partial charge is 0.303 e. The molecular weight excluding hydrogens is 455 g/mol. The lowest BCUT2D eigenvalue weighted by atomic mass is 9.46. The molecule has 0 N–H and O–H groups in total. The Morgan fingerprint density at radius 1 is 1.21 bits per heavy atom. The van der Waals surface area contributed by atoms with Crippen molar-refractivity contribution in [3.05, 3.63) is 23.8 Å². The van der Waals surface area contributed by atoms with Gasteiger partial charge in [-0.05, 0) is 80.4 Å². The average Bonchev–Trinajstić information content (AvgIpc) is 3.02. The van der Waals surface area contributed by atoms with Crippen LogP contribution in [0.2, 0.25) is 0 Å². The number of allylic oxidation sites excluding steroid dienone is 4. The van der Waals surface area contributed by atoms with Crippen molar-refractivity contribution in [2.75, 3.05) is 11.5 Å². The predicted molar refractivity (Wildman–Crippen MR) is 136 cm³/mol. The molecule has 0 saturated heterocycles. The summed E-state index contributed by atoms with van der Waals surface area (Å²) in [4.78, 5) is 24.4. The van der Waals surface area contributed by atoms with Crippen LogP contribution in [0.4, 0.5) is 4.39 Å². The molecule has 6 heteroatoms. The first-order valence-electron chi connectivity index (χ1n) is 12.7. The summed E-state index contributed by atoms with van der Waals surface area (Å²) in [5, 5.41) is 0. The average molecular weight is 495 g/mol. The van der Waals surface area contributed by atoms with Gasteiger partial charge >= 0.3 is 5.97 Å². The lowest BCUT2D eigenvalue weighted by molar-refractivity contribution is -0.209. The van der Waals surface area contributed by atoms with Crippen molar-refractivity contribution >= 4 is 35.3 Å².